The summed E-state index contributed by atoms with van der Waals surface area (Å²) in [5.74, 6) is -0.665. The van der Waals surface area contributed by atoms with Crippen molar-refractivity contribution in [2.24, 2.45) is 4.99 Å². The van der Waals surface area contributed by atoms with Gasteiger partial charge in [-0.25, -0.2) is 4.99 Å². The van der Waals surface area contributed by atoms with Crippen molar-refractivity contribution in [1.29, 1.82) is 0 Å². The van der Waals surface area contributed by atoms with E-state index in [-0.39, 0.29) is 12.5 Å². The molecule has 0 aromatic heterocycles. The lowest BCUT2D eigenvalue weighted by molar-refractivity contribution is -0.274. The highest BCUT2D eigenvalue weighted by Crippen LogP contribution is 2.37. The molecule has 11 heteroatoms. The minimum absolute atomic E-state index is 0.198. The Hall–Kier alpha value is -5.03. The minimum atomic E-state index is -4.79. The van der Waals surface area contributed by atoms with E-state index >= 15 is 0 Å². The van der Waals surface area contributed by atoms with Crippen LogP contribution in [0.4, 0.5) is 30.2 Å². The third-order valence-corrected chi connectivity index (χ3v) is 6.69. The molecule has 5 rings (SSSR count). The van der Waals surface area contributed by atoms with Gasteiger partial charge in [0, 0.05) is 5.69 Å². The molecule has 0 atom stereocenters. The second-order valence-electron chi connectivity index (χ2n) is 8.79. The monoisotopic (exact) mass is 589 g/mol. The van der Waals surface area contributed by atoms with Crippen molar-refractivity contribution >= 4 is 51.9 Å². The van der Waals surface area contributed by atoms with Crippen LogP contribution in [0, 0.1) is 0 Å². The molecule has 0 radical (unpaired) electrons. The van der Waals surface area contributed by atoms with Crippen LogP contribution >= 0.6 is 11.8 Å². The van der Waals surface area contributed by atoms with E-state index in [9.17, 15) is 22.8 Å². The molecule has 1 saturated heterocycles. The third-order valence-electron chi connectivity index (χ3n) is 5.72. The summed E-state index contributed by atoms with van der Waals surface area (Å²) in [6, 6.07) is 30.3. The average Bonchev–Trinajstić information content (AvgIpc) is 3.27. The molecule has 4 aromatic rings. The number of anilines is 2. The molecule has 212 valence electrons. The number of nitrogens with zero attached hydrogens (tertiary/aromatic N) is 2. The molecule has 1 heterocycles. The Labute approximate surface area is 243 Å². The lowest BCUT2D eigenvalue weighted by Crippen LogP contribution is -2.28. The molecular formula is C31H22F3N3O4S. The maximum Gasteiger partial charge on any atom is 0.573 e. The van der Waals surface area contributed by atoms with E-state index in [4.69, 9.17) is 9.73 Å². The van der Waals surface area contributed by atoms with Crippen molar-refractivity contribution in [3.63, 3.8) is 0 Å². The predicted octanol–water partition coefficient (Wildman–Crippen LogP) is 7.41. The first-order valence-electron chi connectivity index (χ1n) is 12.5. The van der Waals surface area contributed by atoms with Gasteiger partial charge in [0.2, 0.25) is 0 Å². The van der Waals surface area contributed by atoms with E-state index in [1.807, 2.05) is 60.7 Å². The van der Waals surface area contributed by atoms with E-state index in [1.165, 1.54) is 23.9 Å². The molecule has 42 heavy (non-hydrogen) atoms. The van der Waals surface area contributed by atoms with Crippen molar-refractivity contribution in [1.82, 2.24) is 0 Å². The molecule has 1 aliphatic heterocycles. The third kappa shape index (κ3) is 7.58. The van der Waals surface area contributed by atoms with E-state index in [0.29, 0.717) is 27.2 Å². The number of amides is 2. The van der Waals surface area contributed by atoms with Crippen molar-refractivity contribution in [2.45, 2.75) is 6.36 Å². The van der Waals surface area contributed by atoms with Gasteiger partial charge < -0.3 is 14.8 Å². The maximum atomic E-state index is 13.4. The van der Waals surface area contributed by atoms with Gasteiger partial charge >= 0.3 is 6.36 Å². The van der Waals surface area contributed by atoms with Gasteiger partial charge in [0.1, 0.15) is 11.5 Å². The lowest BCUT2D eigenvalue weighted by atomic mass is 10.2. The Morgan fingerprint density at radius 1 is 0.857 bits per heavy atom. The van der Waals surface area contributed by atoms with Gasteiger partial charge in [0.15, 0.2) is 11.8 Å². The highest BCUT2D eigenvalue weighted by Gasteiger charge is 2.34. The number of nitrogens with one attached hydrogen (secondary N) is 1. The van der Waals surface area contributed by atoms with Gasteiger partial charge in [0.25, 0.3) is 11.8 Å². The van der Waals surface area contributed by atoms with Crippen molar-refractivity contribution < 1.29 is 32.2 Å². The van der Waals surface area contributed by atoms with Crippen LogP contribution in [0.25, 0.3) is 6.08 Å². The van der Waals surface area contributed by atoms with Gasteiger partial charge in [-0.2, -0.15) is 0 Å². The first-order valence-corrected chi connectivity index (χ1v) is 13.4. The van der Waals surface area contributed by atoms with Gasteiger partial charge in [-0.3, -0.25) is 14.5 Å². The number of aliphatic imine (C=N–C) groups is 1. The summed E-state index contributed by atoms with van der Waals surface area (Å²) in [4.78, 5) is 32.4. The van der Waals surface area contributed by atoms with Gasteiger partial charge in [-0.15, -0.1) is 13.2 Å². The fourth-order valence-electron chi connectivity index (χ4n) is 3.86. The molecule has 7 nitrogen and oxygen atoms in total. The molecule has 0 saturated carbocycles. The SMILES string of the molecule is O=C(COc1ccc(/C=C2\SC(=Nc3ccccc3)N(c3ccccc3)C2=O)cc1)Nc1ccc(OC(F)(F)F)cc1. The van der Waals surface area contributed by atoms with Crippen LogP contribution in [0.3, 0.4) is 0 Å². The van der Waals surface area contributed by atoms with E-state index < -0.39 is 18.0 Å². The van der Waals surface area contributed by atoms with Gasteiger partial charge in [-0.1, -0.05) is 48.5 Å². The standard InChI is InChI=1S/C31H22F3N3O4S/c32-31(33,34)41-26-17-13-23(14-18-26)35-28(38)20-40-25-15-11-21(12-16-25)19-27-29(39)37(24-9-5-2-6-10-24)30(42-27)36-22-7-3-1-4-8-22/h1-19H,20H2,(H,35,38)/b27-19-,36-30?. The number of halogens is 3. The summed E-state index contributed by atoms with van der Waals surface area (Å²) >= 11 is 1.27. The summed E-state index contributed by atoms with van der Waals surface area (Å²) in [6.07, 6.45) is -3.03. The number of alkyl halides is 3. The van der Waals surface area contributed by atoms with Crippen LogP contribution in [-0.4, -0.2) is 30.0 Å². The first-order chi connectivity index (χ1) is 20.2. The molecule has 1 aliphatic rings. The molecule has 2 amide bonds. The largest absolute Gasteiger partial charge is 0.573 e. The van der Waals surface area contributed by atoms with Gasteiger partial charge in [0.05, 0.1) is 16.3 Å². The molecule has 0 aliphatic carbocycles. The molecule has 0 bridgehead atoms. The number of carbonyl (C=O) groups is 2. The van der Waals surface area contributed by atoms with Crippen LogP contribution in [-0.2, 0) is 9.59 Å². The Bertz CT molecular complexity index is 1610. The second kappa shape index (κ2) is 12.6. The summed E-state index contributed by atoms with van der Waals surface area (Å²) in [5.41, 5.74) is 2.48. The first kappa shape index (κ1) is 28.5. The zero-order valence-corrected chi connectivity index (χ0v) is 22.6. The van der Waals surface area contributed by atoms with Crippen LogP contribution in [0.15, 0.2) is 119 Å². The number of thioether (sulfide) groups is 1. The second-order valence-corrected chi connectivity index (χ2v) is 9.80. The number of rotatable bonds is 8. The highest BCUT2D eigenvalue weighted by molar-refractivity contribution is 8.19. The van der Waals surface area contributed by atoms with Crippen molar-refractivity contribution in [3.8, 4) is 11.5 Å². The normalized spacial score (nSPS) is 15.2. The zero-order chi connectivity index (χ0) is 29.5. The molecule has 0 unspecified atom stereocenters. The van der Waals surface area contributed by atoms with Crippen LogP contribution in [0.5, 0.6) is 11.5 Å². The Kier molecular flexibility index (Phi) is 8.58. The van der Waals surface area contributed by atoms with Crippen molar-refractivity contribution in [3.05, 3.63) is 120 Å². The number of para-hydroxylation sites is 2. The average molecular weight is 590 g/mol. The number of hydrogen-bond donors (Lipinski definition) is 1. The summed E-state index contributed by atoms with van der Waals surface area (Å²) in [6.45, 7) is -0.319. The minimum Gasteiger partial charge on any atom is -0.484 e. The van der Waals surface area contributed by atoms with E-state index in [1.54, 1.807) is 35.2 Å². The van der Waals surface area contributed by atoms with E-state index in [2.05, 4.69) is 10.1 Å². The Balaban J connectivity index is 1.22. The molecular weight excluding hydrogens is 567 g/mol. The molecule has 0 spiro atoms. The van der Waals surface area contributed by atoms with E-state index in [0.717, 1.165) is 23.4 Å². The summed E-state index contributed by atoms with van der Waals surface area (Å²) < 4.78 is 46.2. The quantitative estimate of drug-likeness (QED) is 0.217. The topological polar surface area (TPSA) is 80.2 Å². The lowest BCUT2D eigenvalue weighted by Gasteiger charge is -2.15. The highest BCUT2D eigenvalue weighted by atomic mass is 32.2. The van der Waals surface area contributed by atoms with Crippen molar-refractivity contribution in [2.75, 3.05) is 16.8 Å². The van der Waals surface area contributed by atoms with Crippen LogP contribution < -0.4 is 19.7 Å². The predicted molar refractivity (Wildman–Crippen MR) is 157 cm³/mol. The number of ether oxygens (including phenoxy) is 2. The summed E-state index contributed by atoms with van der Waals surface area (Å²) in [7, 11) is 0. The Morgan fingerprint density at radius 3 is 2.12 bits per heavy atom. The Morgan fingerprint density at radius 2 is 1.48 bits per heavy atom. The number of benzene rings is 4. The number of amidine groups is 1. The fraction of sp³-hybridized carbons (Fsp3) is 0.0645. The smallest absolute Gasteiger partial charge is 0.484 e. The van der Waals surface area contributed by atoms with Crippen LogP contribution in [0.2, 0.25) is 0 Å². The molecule has 1 fully saturated rings. The summed E-state index contributed by atoms with van der Waals surface area (Å²) in [5, 5.41) is 3.08. The zero-order valence-electron chi connectivity index (χ0n) is 21.7. The maximum absolute atomic E-state index is 13.4. The van der Waals surface area contributed by atoms with Crippen LogP contribution in [0.1, 0.15) is 5.56 Å². The van der Waals surface area contributed by atoms with Gasteiger partial charge in [-0.05, 0) is 84.1 Å². The fourth-order valence-corrected chi connectivity index (χ4v) is 4.86. The number of hydrogen-bond acceptors (Lipinski definition) is 6. The molecule has 4 aromatic carbocycles. The number of carbonyl (C=O) groups excluding carboxylic acids is 2. The molecule has 1 N–H and O–H groups in total.